The molecule has 0 saturated carbocycles. The van der Waals surface area contributed by atoms with Crippen molar-refractivity contribution in [1.29, 1.82) is 0 Å². The standard InChI is InChI=1S/C7H10F3NO4/c1-15-4(6(13)14)3-11-5(12)2-7(8,9)10/h4H,2-3H2,1H3,(H,11,12)(H,13,14). The maximum Gasteiger partial charge on any atom is 0.397 e. The molecule has 88 valence electrons. The van der Waals surface area contributed by atoms with E-state index in [2.05, 4.69) is 4.74 Å². The summed E-state index contributed by atoms with van der Waals surface area (Å²) < 4.78 is 39.4. The Morgan fingerprint density at radius 1 is 1.47 bits per heavy atom. The first-order valence-electron chi connectivity index (χ1n) is 3.85. The van der Waals surface area contributed by atoms with Crippen LogP contribution in [0.25, 0.3) is 0 Å². The molecule has 8 heteroatoms. The Hall–Kier alpha value is -1.31. The number of rotatable bonds is 5. The first-order chi connectivity index (χ1) is 6.76. The largest absolute Gasteiger partial charge is 0.479 e. The van der Waals surface area contributed by atoms with E-state index in [4.69, 9.17) is 5.11 Å². The molecule has 2 N–H and O–H groups in total. The summed E-state index contributed by atoms with van der Waals surface area (Å²) in [6.45, 7) is -0.499. The van der Waals surface area contributed by atoms with Crippen LogP contribution in [-0.4, -0.2) is 42.9 Å². The Kier molecular flexibility index (Phi) is 5.06. The number of halogens is 3. The molecule has 0 bridgehead atoms. The Morgan fingerprint density at radius 3 is 2.33 bits per heavy atom. The fraction of sp³-hybridized carbons (Fsp3) is 0.714. The van der Waals surface area contributed by atoms with E-state index in [1.54, 1.807) is 5.32 Å². The van der Waals surface area contributed by atoms with E-state index in [1.807, 2.05) is 0 Å². The SMILES string of the molecule is COC(CNC(=O)CC(F)(F)F)C(=O)O. The van der Waals surface area contributed by atoms with E-state index in [-0.39, 0.29) is 0 Å². The molecule has 0 spiro atoms. The third-order valence-electron chi connectivity index (χ3n) is 1.41. The minimum Gasteiger partial charge on any atom is -0.479 e. The summed E-state index contributed by atoms with van der Waals surface area (Å²) >= 11 is 0. The lowest BCUT2D eigenvalue weighted by Crippen LogP contribution is -2.39. The van der Waals surface area contributed by atoms with Crippen LogP contribution in [0.3, 0.4) is 0 Å². The van der Waals surface area contributed by atoms with Gasteiger partial charge < -0.3 is 15.2 Å². The number of carbonyl (C=O) groups excluding carboxylic acids is 1. The summed E-state index contributed by atoms with van der Waals surface area (Å²) in [4.78, 5) is 21.0. The zero-order valence-electron chi connectivity index (χ0n) is 7.80. The van der Waals surface area contributed by atoms with Crippen molar-refractivity contribution < 1.29 is 32.6 Å². The van der Waals surface area contributed by atoms with E-state index >= 15 is 0 Å². The van der Waals surface area contributed by atoms with E-state index in [1.165, 1.54) is 0 Å². The molecular formula is C7H10F3NO4. The number of methoxy groups -OCH3 is 1. The van der Waals surface area contributed by atoms with E-state index in [0.717, 1.165) is 7.11 Å². The van der Waals surface area contributed by atoms with Gasteiger partial charge in [0.05, 0.1) is 6.54 Å². The van der Waals surface area contributed by atoms with Crippen molar-refractivity contribution in [3.05, 3.63) is 0 Å². The molecular weight excluding hydrogens is 219 g/mol. The summed E-state index contributed by atoms with van der Waals surface area (Å²) in [5.74, 6) is -2.64. The molecule has 15 heavy (non-hydrogen) atoms. The van der Waals surface area contributed by atoms with Crippen molar-refractivity contribution in [3.8, 4) is 0 Å². The van der Waals surface area contributed by atoms with Gasteiger partial charge in [-0.15, -0.1) is 0 Å². The minimum atomic E-state index is -4.60. The molecule has 0 aliphatic rings. The van der Waals surface area contributed by atoms with Gasteiger partial charge in [-0.1, -0.05) is 0 Å². The third-order valence-corrected chi connectivity index (χ3v) is 1.41. The second kappa shape index (κ2) is 5.54. The van der Waals surface area contributed by atoms with Crippen LogP contribution in [0.5, 0.6) is 0 Å². The number of alkyl halides is 3. The van der Waals surface area contributed by atoms with Crippen LogP contribution in [0.4, 0.5) is 13.2 Å². The van der Waals surface area contributed by atoms with Crippen molar-refractivity contribution in [2.24, 2.45) is 0 Å². The molecule has 0 aromatic carbocycles. The number of nitrogens with one attached hydrogen (secondary N) is 1. The Morgan fingerprint density at radius 2 is 2.00 bits per heavy atom. The maximum absolute atomic E-state index is 11.7. The van der Waals surface area contributed by atoms with Crippen molar-refractivity contribution in [3.63, 3.8) is 0 Å². The summed E-state index contributed by atoms with van der Waals surface area (Å²) in [5, 5.41) is 10.2. The highest BCUT2D eigenvalue weighted by Gasteiger charge is 2.31. The van der Waals surface area contributed by atoms with Gasteiger partial charge in [-0.25, -0.2) is 4.79 Å². The summed E-state index contributed by atoms with van der Waals surface area (Å²) in [6.07, 6.45) is -7.58. The van der Waals surface area contributed by atoms with Gasteiger partial charge >= 0.3 is 12.1 Å². The van der Waals surface area contributed by atoms with E-state index < -0.39 is 37.1 Å². The van der Waals surface area contributed by atoms with Crippen LogP contribution >= 0.6 is 0 Å². The maximum atomic E-state index is 11.7. The second-order valence-corrected chi connectivity index (χ2v) is 2.66. The highest BCUT2D eigenvalue weighted by molar-refractivity contribution is 5.78. The highest BCUT2D eigenvalue weighted by atomic mass is 19.4. The Bertz CT molecular complexity index is 241. The van der Waals surface area contributed by atoms with Gasteiger partial charge in [0.1, 0.15) is 6.42 Å². The van der Waals surface area contributed by atoms with Crippen molar-refractivity contribution in [1.82, 2.24) is 5.32 Å². The number of hydrogen-bond acceptors (Lipinski definition) is 3. The van der Waals surface area contributed by atoms with Gasteiger partial charge in [-0.2, -0.15) is 13.2 Å². The molecule has 0 aliphatic heterocycles. The van der Waals surface area contributed by atoms with Crippen LogP contribution in [0.2, 0.25) is 0 Å². The zero-order valence-corrected chi connectivity index (χ0v) is 7.80. The van der Waals surface area contributed by atoms with Gasteiger partial charge in [0.2, 0.25) is 5.91 Å². The number of carboxylic acid groups (broad SMARTS) is 1. The summed E-state index contributed by atoms with van der Waals surface area (Å²) in [6, 6.07) is 0. The molecule has 0 radical (unpaired) electrons. The van der Waals surface area contributed by atoms with Gasteiger partial charge in [0.25, 0.3) is 0 Å². The average molecular weight is 229 g/mol. The van der Waals surface area contributed by atoms with E-state index in [0.29, 0.717) is 0 Å². The lowest BCUT2D eigenvalue weighted by atomic mass is 10.3. The summed E-state index contributed by atoms with van der Waals surface area (Å²) in [7, 11) is 1.08. The monoisotopic (exact) mass is 229 g/mol. The van der Waals surface area contributed by atoms with Gasteiger partial charge in [0, 0.05) is 7.11 Å². The molecule has 0 heterocycles. The molecule has 0 rings (SSSR count). The number of carboxylic acids is 1. The molecule has 1 amide bonds. The fourth-order valence-electron chi connectivity index (χ4n) is 0.723. The highest BCUT2D eigenvalue weighted by Crippen LogP contribution is 2.18. The van der Waals surface area contributed by atoms with Gasteiger partial charge in [-0.05, 0) is 0 Å². The zero-order chi connectivity index (χ0) is 12.1. The Labute approximate surface area is 83.2 Å². The first-order valence-corrected chi connectivity index (χ1v) is 3.85. The number of amides is 1. The third kappa shape index (κ3) is 6.72. The van der Waals surface area contributed by atoms with Crippen LogP contribution in [0.15, 0.2) is 0 Å². The van der Waals surface area contributed by atoms with Crippen LogP contribution < -0.4 is 5.32 Å². The number of hydrogen-bond donors (Lipinski definition) is 2. The lowest BCUT2D eigenvalue weighted by molar-refractivity contribution is -0.154. The molecule has 1 unspecified atom stereocenters. The van der Waals surface area contributed by atoms with Gasteiger partial charge in [0.15, 0.2) is 6.10 Å². The topological polar surface area (TPSA) is 75.6 Å². The summed E-state index contributed by atoms with van der Waals surface area (Å²) in [5.41, 5.74) is 0. The molecule has 0 aromatic heterocycles. The number of aliphatic carboxylic acids is 1. The molecule has 5 nitrogen and oxygen atoms in total. The van der Waals surface area contributed by atoms with Crippen molar-refractivity contribution in [2.75, 3.05) is 13.7 Å². The predicted octanol–water partition coefficient (Wildman–Crippen LogP) is 0.155. The number of ether oxygens (including phenoxy) is 1. The molecule has 0 aromatic rings. The first kappa shape index (κ1) is 13.7. The normalized spacial score (nSPS) is 13.3. The van der Waals surface area contributed by atoms with Crippen molar-refractivity contribution >= 4 is 11.9 Å². The van der Waals surface area contributed by atoms with Crippen LogP contribution in [0.1, 0.15) is 6.42 Å². The smallest absolute Gasteiger partial charge is 0.397 e. The average Bonchev–Trinajstić information content (AvgIpc) is 2.01. The van der Waals surface area contributed by atoms with Crippen molar-refractivity contribution in [2.45, 2.75) is 18.7 Å². The molecule has 1 atom stereocenters. The predicted molar refractivity (Wildman–Crippen MR) is 42.1 cm³/mol. The van der Waals surface area contributed by atoms with Crippen LogP contribution in [-0.2, 0) is 14.3 Å². The molecule has 0 saturated heterocycles. The van der Waals surface area contributed by atoms with Crippen LogP contribution in [0, 0.1) is 0 Å². The van der Waals surface area contributed by atoms with E-state index in [9.17, 15) is 22.8 Å². The van der Waals surface area contributed by atoms with Gasteiger partial charge in [-0.3, -0.25) is 4.79 Å². The molecule has 0 fully saturated rings. The minimum absolute atomic E-state index is 0.499. The lowest BCUT2D eigenvalue weighted by Gasteiger charge is -2.12. The quantitative estimate of drug-likeness (QED) is 0.703. The molecule has 0 aliphatic carbocycles. The number of carbonyl (C=O) groups is 2. The second-order valence-electron chi connectivity index (χ2n) is 2.66. The fourth-order valence-corrected chi connectivity index (χ4v) is 0.723. The Balaban J connectivity index is 3.94.